The van der Waals surface area contributed by atoms with E-state index in [1.807, 2.05) is 0 Å². The molecule has 1 aliphatic carbocycles. The van der Waals surface area contributed by atoms with E-state index in [1.54, 1.807) is 7.11 Å². The summed E-state index contributed by atoms with van der Waals surface area (Å²) < 4.78 is 5.08. The molecule has 6 nitrogen and oxygen atoms in total. The lowest BCUT2D eigenvalue weighted by Gasteiger charge is -2.25. The summed E-state index contributed by atoms with van der Waals surface area (Å²) in [5.41, 5.74) is 0. The van der Waals surface area contributed by atoms with Crippen LogP contribution >= 0.6 is 0 Å². The van der Waals surface area contributed by atoms with Gasteiger partial charge >= 0.3 is 6.01 Å². The minimum Gasteiger partial charge on any atom is -0.467 e. The first kappa shape index (κ1) is 12.9. The van der Waals surface area contributed by atoms with Crippen LogP contribution in [0.25, 0.3) is 0 Å². The van der Waals surface area contributed by atoms with Crippen LogP contribution in [-0.4, -0.2) is 35.2 Å². The van der Waals surface area contributed by atoms with E-state index in [4.69, 9.17) is 4.74 Å². The van der Waals surface area contributed by atoms with Crippen molar-refractivity contribution in [3.63, 3.8) is 0 Å². The topological polar surface area (TPSA) is 72.0 Å². The maximum Gasteiger partial charge on any atom is 0.322 e. The zero-order valence-electron chi connectivity index (χ0n) is 11.1. The maximum atomic E-state index is 5.08. The van der Waals surface area contributed by atoms with Crippen molar-refractivity contribution in [1.82, 2.24) is 15.0 Å². The molecule has 1 aromatic heterocycles. The van der Waals surface area contributed by atoms with E-state index in [1.165, 1.54) is 19.3 Å². The van der Waals surface area contributed by atoms with Gasteiger partial charge in [0.25, 0.3) is 0 Å². The third-order valence-electron chi connectivity index (χ3n) is 3.10. The Morgan fingerprint density at radius 1 is 1.17 bits per heavy atom. The Labute approximate surface area is 108 Å². The Bertz CT molecular complexity index is 381. The van der Waals surface area contributed by atoms with Crippen molar-refractivity contribution < 1.29 is 4.74 Å². The number of anilines is 2. The molecule has 100 valence electrons. The molecule has 1 fully saturated rings. The highest BCUT2D eigenvalue weighted by Gasteiger charge is 2.17. The molecule has 1 aromatic rings. The standard InChI is InChI=1S/C12H21N5O/c1-3-7-13-10-15-11(17-12(16-10)18-2)14-8-9-5-4-6-9/h9H,3-8H2,1-2H3,(H2,13,14,15,16,17). The van der Waals surface area contributed by atoms with Gasteiger partial charge in [0.05, 0.1) is 7.11 Å². The van der Waals surface area contributed by atoms with Crippen LogP contribution in [0.3, 0.4) is 0 Å². The third kappa shape index (κ3) is 3.45. The molecule has 0 saturated heterocycles. The molecule has 0 atom stereocenters. The number of aromatic nitrogens is 3. The Hall–Kier alpha value is -1.59. The summed E-state index contributed by atoms with van der Waals surface area (Å²) in [7, 11) is 1.56. The van der Waals surface area contributed by atoms with E-state index in [-0.39, 0.29) is 0 Å². The van der Waals surface area contributed by atoms with Crippen LogP contribution in [0.1, 0.15) is 32.6 Å². The Morgan fingerprint density at radius 3 is 2.44 bits per heavy atom. The van der Waals surface area contributed by atoms with Crippen LogP contribution in [0.4, 0.5) is 11.9 Å². The molecule has 0 bridgehead atoms. The Kier molecular flexibility index (Phi) is 4.55. The fourth-order valence-electron chi connectivity index (χ4n) is 1.78. The molecule has 1 heterocycles. The number of nitrogens with zero attached hydrogens (tertiary/aromatic N) is 3. The van der Waals surface area contributed by atoms with Crippen LogP contribution in [0, 0.1) is 5.92 Å². The maximum absolute atomic E-state index is 5.08. The molecule has 0 unspecified atom stereocenters. The van der Waals surface area contributed by atoms with E-state index in [2.05, 4.69) is 32.5 Å². The van der Waals surface area contributed by atoms with Crippen molar-refractivity contribution in [1.29, 1.82) is 0 Å². The van der Waals surface area contributed by atoms with Crippen molar-refractivity contribution in [2.45, 2.75) is 32.6 Å². The largest absolute Gasteiger partial charge is 0.467 e. The molecule has 0 spiro atoms. The van der Waals surface area contributed by atoms with Crippen LogP contribution in [-0.2, 0) is 0 Å². The SMILES string of the molecule is CCCNc1nc(NCC2CCC2)nc(OC)n1. The molecular formula is C12H21N5O. The summed E-state index contributed by atoms with van der Waals surface area (Å²) in [6.45, 7) is 3.87. The molecule has 0 aromatic carbocycles. The molecule has 2 rings (SSSR count). The monoisotopic (exact) mass is 251 g/mol. The summed E-state index contributed by atoms with van der Waals surface area (Å²) in [4.78, 5) is 12.7. The van der Waals surface area contributed by atoms with Crippen molar-refractivity contribution >= 4 is 11.9 Å². The fraction of sp³-hybridized carbons (Fsp3) is 0.750. The van der Waals surface area contributed by atoms with Crippen LogP contribution in [0.15, 0.2) is 0 Å². The quantitative estimate of drug-likeness (QED) is 0.771. The van der Waals surface area contributed by atoms with Crippen LogP contribution in [0.2, 0.25) is 0 Å². The van der Waals surface area contributed by atoms with Gasteiger partial charge < -0.3 is 15.4 Å². The smallest absolute Gasteiger partial charge is 0.322 e. The van der Waals surface area contributed by atoms with E-state index >= 15 is 0 Å². The van der Waals surface area contributed by atoms with Gasteiger partial charge in [0, 0.05) is 13.1 Å². The lowest BCUT2D eigenvalue weighted by Crippen LogP contribution is -2.22. The average Bonchev–Trinajstić information content (AvgIpc) is 2.34. The van der Waals surface area contributed by atoms with Gasteiger partial charge in [0.2, 0.25) is 11.9 Å². The molecule has 2 N–H and O–H groups in total. The van der Waals surface area contributed by atoms with Gasteiger partial charge in [0.1, 0.15) is 0 Å². The lowest BCUT2D eigenvalue weighted by atomic mass is 9.85. The zero-order chi connectivity index (χ0) is 12.8. The van der Waals surface area contributed by atoms with Gasteiger partial charge in [-0.25, -0.2) is 0 Å². The molecule has 18 heavy (non-hydrogen) atoms. The van der Waals surface area contributed by atoms with Gasteiger partial charge in [-0.15, -0.1) is 0 Å². The third-order valence-corrected chi connectivity index (χ3v) is 3.10. The summed E-state index contributed by atoms with van der Waals surface area (Å²) >= 11 is 0. The van der Waals surface area contributed by atoms with Gasteiger partial charge in [0.15, 0.2) is 0 Å². The molecular weight excluding hydrogens is 230 g/mol. The van der Waals surface area contributed by atoms with Crippen molar-refractivity contribution in [2.75, 3.05) is 30.8 Å². The Balaban J connectivity index is 1.97. The minimum absolute atomic E-state index is 0.347. The highest BCUT2D eigenvalue weighted by atomic mass is 16.5. The minimum atomic E-state index is 0.347. The van der Waals surface area contributed by atoms with Gasteiger partial charge in [-0.3, -0.25) is 0 Å². The molecule has 6 heteroatoms. The van der Waals surface area contributed by atoms with Crippen LogP contribution in [0.5, 0.6) is 6.01 Å². The average molecular weight is 251 g/mol. The number of rotatable bonds is 7. The number of ether oxygens (including phenoxy) is 1. The highest BCUT2D eigenvalue weighted by molar-refractivity contribution is 5.35. The Morgan fingerprint density at radius 2 is 1.89 bits per heavy atom. The summed E-state index contributed by atoms with van der Waals surface area (Å²) in [5, 5.41) is 6.40. The lowest BCUT2D eigenvalue weighted by molar-refractivity contribution is 0.332. The number of hydrogen-bond donors (Lipinski definition) is 2. The number of nitrogens with one attached hydrogen (secondary N) is 2. The summed E-state index contributed by atoms with van der Waals surface area (Å²) in [6, 6.07) is 0.347. The number of hydrogen-bond acceptors (Lipinski definition) is 6. The van der Waals surface area contributed by atoms with Gasteiger partial charge in [-0.1, -0.05) is 13.3 Å². The number of methoxy groups -OCH3 is 1. The first-order valence-electron chi connectivity index (χ1n) is 6.59. The van der Waals surface area contributed by atoms with E-state index < -0.39 is 0 Å². The molecule has 0 amide bonds. The second kappa shape index (κ2) is 6.37. The van der Waals surface area contributed by atoms with Gasteiger partial charge in [-0.2, -0.15) is 15.0 Å². The molecule has 0 aliphatic heterocycles. The zero-order valence-corrected chi connectivity index (χ0v) is 11.1. The van der Waals surface area contributed by atoms with Crippen molar-refractivity contribution in [3.8, 4) is 6.01 Å². The first-order valence-corrected chi connectivity index (χ1v) is 6.59. The predicted octanol–water partition coefficient (Wildman–Crippen LogP) is 1.91. The first-order chi connectivity index (χ1) is 8.81. The van der Waals surface area contributed by atoms with Gasteiger partial charge in [-0.05, 0) is 25.2 Å². The predicted molar refractivity (Wildman–Crippen MR) is 71.0 cm³/mol. The summed E-state index contributed by atoms with van der Waals surface area (Å²) in [6.07, 6.45) is 4.97. The molecule has 1 saturated carbocycles. The fourth-order valence-corrected chi connectivity index (χ4v) is 1.78. The van der Waals surface area contributed by atoms with E-state index in [0.29, 0.717) is 17.9 Å². The normalized spacial score (nSPS) is 15.0. The molecule has 1 aliphatic rings. The highest BCUT2D eigenvalue weighted by Crippen LogP contribution is 2.26. The van der Waals surface area contributed by atoms with E-state index in [9.17, 15) is 0 Å². The molecule has 0 radical (unpaired) electrons. The van der Waals surface area contributed by atoms with E-state index in [0.717, 1.165) is 25.4 Å². The second-order valence-corrected chi connectivity index (χ2v) is 4.57. The van der Waals surface area contributed by atoms with Crippen LogP contribution < -0.4 is 15.4 Å². The second-order valence-electron chi connectivity index (χ2n) is 4.57. The summed E-state index contributed by atoms with van der Waals surface area (Å²) in [5.74, 6) is 1.92. The van der Waals surface area contributed by atoms with Crippen molar-refractivity contribution in [2.24, 2.45) is 5.92 Å². The van der Waals surface area contributed by atoms with Crippen molar-refractivity contribution in [3.05, 3.63) is 0 Å².